The predicted octanol–water partition coefficient (Wildman–Crippen LogP) is 4.22. The molecule has 1 aromatic heterocycles. The van der Waals surface area contributed by atoms with Crippen LogP contribution in [0, 0.1) is 0 Å². The molecular formula is C11H18S. The Kier molecular flexibility index (Phi) is 3.33. The highest BCUT2D eigenvalue weighted by Gasteiger charge is 2.19. The highest BCUT2D eigenvalue weighted by molar-refractivity contribution is 7.08. The van der Waals surface area contributed by atoms with Gasteiger partial charge in [0.2, 0.25) is 0 Å². The maximum absolute atomic E-state index is 2.34. The van der Waals surface area contributed by atoms with E-state index in [0.717, 1.165) is 0 Å². The van der Waals surface area contributed by atoms with Crippen LogP contribution >= 0.6 is 11.3 Å². The number of hydrogen-bond donors (Lipinski definition) is 0. The minimum atomic E-state index is 0.385. The van der Waals surface area contributed by atoms with Crippen LogP contribution in [0.3, 0.4) is 0 Å². The molecule has 0 N–H and O–H groups in total. The molecule has 0 bridgehead atoms. The van der Waals surface area contributed by atoms with Gasteiger partial charge in [-0.1, -0.05) is 33.6 Å². The third-order valence-electron chi connectivity index (χ3n) is 2.46. The molecule has 68 valence electrons. The fraction of sp³-hybridized carbons (Fsp3) is 0.636. The molecule has 0 aromatic carbocycles. The van der Waals surface area contributed by atoms with E-state index < -0.39 is 0 Å². The van der Waals surface area contributed by atoms with Gasteiger partial charge in [0.1, 0.15) is 0 Å². The summed E-state index contributed by atoms with van der Waals surface area (Å²) in [6.45, 7) is 6.93. The Morgan fingerprint density at radius 3 is 2.67 bits per heavy atom. The quantitative estimate of drug-likeness (QED) is 0.654. The maximum Gasteiger partial charge on any atom is -0.00558 e. The summed E-state index contributed by atoms with van der Waals surface area (Å²) in [5, 5.41) is 4.44. The SMILES string of the molecule is CCCCC(C)(C)c1ccsc1. The van der Waals surface area contributed by atoms with Gasteiger partial charge >= 0.3 is 0 Å². The van der Waals surface area contributed by atoms with E-state index in [2.05, 4.69) is 37.6 Å². The first-order valence-electron chi connectivity index (χ1n) is 4.69. The summed E-state index contributed by atoms with van der Waals surface area (Å²) in [4.78, 5) is 0. The molecular weight excluding hydrogens is 164 g/mol. The fourth-order valence-corrected chi connectivity index (χ4v) is 2.26. The van der Waals surface area contributed by atoms with Crippen LogP contribution in [0.1, 0.15) is 45.6 Å². The van der Waals surface area contributed by atoms with Gasteiger partial charge in [-0.25, -0.2) is 0 Å². The van der Waals surface area contributed by atoms with Crippen LogP contribution in [0.5, 0.6) is 0 Å². The second-order valence-corrected chi connectivity index (χ2v) is 4.78. The lowest BCUT2D eigenvalue weighted by Gasteiger charge is -2.23. The van der Waals surface area contributed by atoms with Crippen molar-refractivity contribution < 1.29 is 0 Å². The number of hydrogen-bond acceptors (Lipinski definition) is 1. The Hall–Kier alpha value is -0.300. The van der Waals surface area contributed by atoms with E-state index in [0.29, 0.717) is 5.41 Å². The van der Waals surface area contributed by atoms with Crippen molar-refractivity contribution in [3.63, 3.8) is 0 Å². The van der Waals surface area contributed by atoms with Crippen LogP contribution in [-0.2, 0) is 5.41 Å². The summed E-state index contributed by atoms with van der Waals surface area (Å²) >= 11 is 1.80. The van der Waals surface area contributed by atoms with Crippen LogP contribution in [0.2, 0.25) is 0 Å². The molecule has 1 aromatic rings. The molecule has 0 amide bonds. The molecule has 0 saturated carbocycles. The molecule has 0 nitrogen and oxygen atoms in total. The molecule has 0 unspecified atom stereocenters. The van der Waals surface area contributed by atoms with Crippen LogP contribution in [0.4, 0.5) is 0 Å². The van der Waals surface area contributed by atoms with Crippen molar-refractivity contribution in [2.24, 2.45) is 0 Å². The molecule has 0 aliphatic heterocycles. The van der Waals surface area contributed by atoms with E-state index in [1.165, 1.54) is 24.8 Å². The van der Waals surface area contributed by atoms with E-state index in [1.807, 2.05) is 0 Å². The zero-order valence-electron chi connectivity index (χ0n) is 8.26. The van der Waals surface area contributed by atoms with Gasteiger partial charge in [-0.15, -0.1) is 0 Å². The Morgan fingerprint density at radius 1 is 1.42 bits per heavy atom. The summed E-state index contributed by atoms with van der Waals surface area (Å²) in [5.41, 5.74) is 1.89. The normalized spacial score (nSPS) is 11.9. The largest absolute Gasteiger partial charge is 0.152 e. The van der Waals surface area contributed by atoms with Crippen molar-refractivity contribution in [3.05, 3.63) is 22.4 Å². The van der Waals surface area contributed by atoms with Gasteiger partial charge in [-0.2, -0.15) is 11.3 Å². The molecule has 1 heteroatoms. The van der Waals surface area contributed by atoms with Gasteiger partial charge < -0.3 is 0 Å². The monoisotopic (exact) mass is 182 g/mol. The van der Waals surface area contributed by atoms with Crippen molar-refractivity contribution in [2.75, 3.05) is 0 Å². The standard InChI is InChI=1S/C11H18S/c1-4-5-7-11(2,3)10-6-8-12-9-10/h6,8-9H,4-5,7H2,1-3H3. The average Bonchev–Trinajstić information content (AvgIpc) is 2.53. The van der Waals surface area contributed by atoms with E-state index in [4.69, 9.17) is 0 Å². The Labute approximate surface area is 79.6 Å². The minimum Gasteiger partial charge on any atom is -0.152 e. The lowest BCUT2D eigenvalue weighted by Crippen LogP contribution is -2.15. The first-order chi connectivity index (χ1) is 5.67. The van der Waals surface area contributed by atoms with Gasteiger partial charge in [0.15, 0.2) is 0 Å². The number of thiophene rings is 1. The Morgan fingerprint density at radius 2 is 2.17 bits per heavy atom. The van der Waals surface area contributed by atoms with E-state index in [1.54, 1.807) is 11.3 Å². The zero-order chi connectivity index (χ0) is 9.03. The van der Waals surface area contributed by atoms with E-state index >= 15 is 0 Å². The molecule has 0 saturated heterocycles. The predicted molar refractivity (Wildman–Crippen MR) is 56.9 cm³/mol. The molecule has 0 atom stereocenters. The molecule has 1 rings (SSSR count). The first kappa shape index (κ1) is 9.79. The van der Waals surface area contributed by atoms with Crippen LogP contribution < -0.4 is 0 Å². The van der Waals surface area contributed by atoms with Gasteiger partial charge in [0.25, 0.3) is 0 Å². The Balaban J connectivity index is 2.59. The zero-order valence-corrected chi connectivity index (χ0v) is 9.08. The lowest BCUT2D eigenvalue weighted by molar-refractivity contribution is 0.459. The Bertz CT molecular complexity index is 209. The summed E-state index contributed by atoms with van der Waals surface area (Å²) in [6, 6.07) is 2.25. The van der Waals surface area contributed by atoms with Gasteiger partial charge in [-0.3, -0.25) is 0 Å². The maximum atomic E-state index is 2.34. The highest BCUT2D eigenvalue weighted by atomic mass is 32.1. The van der Waals surface area contributed by atoms with Crippen LogP contribution in [0.15, 0.2) is 16.8 Å². The molecule has 0 aliphatic rings. The lowest BCUT2D eigenvalue weighted by atomic mass is 9.82. The summed E-state index contributed by atoms with van der Waals surface area (Å²) in [6.07, 6.45) is 3.94. The highest BCUT2D eigenvalue weighted by Crippen LogP contribution is 2.30. The second-order valence-electron chi connectivity index (χ2n) is 4.00. The molecule has 0 aliphatic carbocycles. The van der Waals surface area contributed by atoms with Crippen molar-refractivity contribution in [3.8, 4) is 0 Å². The molecule has 1 heterocycles. The fourth-order valence-electron chi connectivity index (χ4n) is 1.41. The molecule has 12 heavy (non-hydrogen) atoms. The molecule has 0 radical (unpaired) electrons. The third kappa shape index (κ3) is 2.34. The van der Waals surface area contributed by atoms with Gasteiger partial charge in [-0.05, 0) is 34.2 Å². The van der Waals surface area contributed by atoms with Crippen LogP contribution in [0.25, 0.3) is 0 Å². The molecule has 0 spiro atoms. The van der Waals surface area contributed by atoms with Crippen molar-refractivity contribution >= 4 is 11.3 Å². The third-order valence-corrected chi connectivity index (χ3v) is 3.14. The molecule has 0 fully saturated rings. The van der Waals surface area contributed by atoms with Gasteiger partial charge in [0.05, 0.1) is 0 Å². The topological polar surface area (TPSA) is 0 Å². The first-order valence-corrected chi connectivity index (χ1v) is 5.64. The van der Waals surface area contributed by atoms with Gasteiger partial charge in [0, 0.05) is 0 Å². The smallest absolute Gasteiger partial charge is 0.00558 e. The summed E-state index contributed by atoms with van der Waals surface area (Å²) < 4.78 is 0. The summed E-state index contributed by atoms with van der Waals surface area (Å²) in [7, 11) is 0. The van der Waals surface area contributed by atoms with Crippen molar-refractivity contribution in [2.45, 2.75) is 45.4 Å². The summed E-state index contributed by atoms with van der Waals surface area (Å²) in [5.74, 6) is 0. The second kappa shape index (κ2) is 4.08. The van der Waals surface area contributed by atoms with Crippen LogP contribution in [-0.4, -0.2) is 0 Å². The average molecular weight is 182 g/mol. The van der Waals surface area contributed by atoms with Crippen molar-refractivity contribution in [1.82, 2.24) is 0 Å². The minimum absolute atomic E-state index is 0.385. The van der Waals surface area contributed by atoms with E-state index in [-0.39, 0.29) is 0 Å². The number of rotatable bonds is 4. The van der Waals surface area contributed by atoms with Crippen molar-refractivity contribution in [1.29, 1.82) is 0 Å². The number of unbranched alkanes of at least 4 members (excludes halogenated alkanes) is 1. The van der Waals surface area contributed by atoms with E-state index in [9.17, 15) is 0 Å².